The molecule has 0 aromatic heterocycles. The number of hydrogen-bond donors (Lipinski definition) is 0. The van der Waals surface area contributed by atoms with E-state index in [4.69, 9.17) is 0 Å². The Morgan fingerprint density at radius 2 is 2.30 bits per heavy atom. The highest BCUT2D eigenvalue weighted by Crippen LogP contribution is 1.85. The number of hydrogen-bond acceptors (Lipinski definition) is 2. The van der Waals surface area contributed by atoms with Crippen LogP contribution in [-0.4, -0.2) is 19.5 Å². The van der Waals surface area contributed by atoms with Crippen LogP contribution >= 0.6 is 0 Å². The number of aliphatic imine (C=N–C) groups is 2. The molecule has 0 saturated heterocycles. The fourth-order valence-corrected chi connectivity index (χ4v) is 0.484. The van der Waals surface area contributed by atoms with Crippen LogP contribution in [0.1, 0.15) is 19.8 Å². The van der Waals surface area contributed by atoms with Crippen molar-refractivity contribution < 1.29 is 0 Å². The van der Waals surface area contributed by atoms with E-state index in [9.17, 15) is 0 Å². The van der Waals surface area contributed by atoms with Crippen LogP contribution in [0.3, 0.4) is 0 Å². The molecule has 0 saturated carbocycles. The number of nitrogens with zero attached hydrogens (tertiary/aromatic N) is 2. The van der Waals surface area contributed by atoms with E-state index in [-0.39, 0.29) is 0 Å². The molecule has 0 N–H and O–H groups in total. The predicted molar refractivity (Wildman–Crippen MR) is 47.0 cm³/mol. The minimum absolute atomic E-state index is 0.915. The molecule has 0 radical (unpaired) electrons. The van der Waals surface area contributed by atoms with Crippen molar-refractivity contribution in [1.82, 2.24) is 0 Å². The summed E-state index contributed by atoms with van der Waals surface area (Å²) in [4.78, 5) is 7.63. The largest absolute Gasteiger partial charge is 0.293 e. The quantitative estimate of drug-likeness (QED) is 0.410. The molecule has 0 aromatic rings. The summed E-state index contributed by atoms with van der Waals surface area (Å²) in [5, 5.41) is 0. The number of allylic oxidation sites excluding steroid dienone is 1. The van der Waals surface area contributed by atoms with Crippen molar-refractivity contribution in [2.75, 3.05) is 6.54 Å². The summed E-state index contributed by atoms with van der Waals surface area (Å²) in [5.74, 6) is 0. The lowest BCUT2D eigenvalue weighted by Crippen LogP contribution is -1.77. The molecule has 2 heteroatoms. The first-order chi connectivity index (χ1) is 4.91. The van der Waals surface area contributed by atoms with E-state index in [0.717, 1.165) is 13.0 Å². The van der Waals surface area contributed by atoms with Crippen molar-refractivity contribution in [3.05, 3.63) is 12.3 Å². The van der Waals surface area contributed by atoms with Gasteiger partial charge < -0.3 is 0 Å². The second kappa shape index (κ2) is 8.08. The van der Waals surface area contributed by atoms with Crippen LogP contribution in [0, 0.1) is 0 Å². The van der Waals surface area contributed by atoms with Crippen LogP contribution in [0.2, 0.25) is 0 Å². The molecular formula is C8H14N2. The van der Waals surface area contributed by atoms with E-state index < -0.39 is 0 Å². The first-order valence-corrected chi connectivity index (χ1v) is 3.52. The summed E-state index contributed by atoms with van der Waals surface area (Å²) < 4.78 is 0. The Hall–Kier alpha value is -0.920. The Morgan fingerprint density at radius 1 is 1.50 bits per heavy atom. The van der Waals surface area contributed by atoms with Gasteiger partial charge in [-0.15, -0.1) is 0 Å². The third-order valence-electron chi connectivity index (χ3n) is 1.02. The van der Waals surface area contributed by atoms with Crippen LogP contribution in [-0.2, 0) is 0 Å². The molecule has 2 nitrogen and oxygen atoms in total. The summed E-state index contributed by atoms with van der Waals surface area (Å²) >= 11 is 0. The average Bonchev–Trinajstić information content (AvgIpc) is 1.97. The normalized spacial score (nSPS) is 11.3. The van der Waals surface area contributed by atoms with E-state index in [1.165, 1.54) is 6.42 Å². The first-order valence-electron chi connectivity index (χ1n) is 3.52. The molecule has 0 bridgehead atoms. The van der Waals surface area contributed by atoms with E-state index in [0.29, 0.717) is 0 Å². The zero-order valence-electron chi connectivity index (χ0n) is 6.45. The van der Waals surface area contributed by atoms with Gasteiger partial charge in [0.2, 0.25) is 0 Å². The molecular weight excluding hydrogens is 124 g/mol. The highest BCUT2D eigenvalue weighted by Gasteiger charge is 1.74. The van der Waals surface area contributed by atoms with Crippen LogP contribution in [0.4, 0.5) is 0 Å². The zero-order chi connectivity index (χ0) is 7.66. The van der Waals surface area contributed by atoms with Crippen molar-refractivity contribution in [2.24, 2.45) is 9.98 Å². The summed E-state index contributed by atoms with van der Waals surface area (Å²) in [6.45, 7) is 6.36. The van der Waals surface area contributed by atoms with Gasteiger partial charge in [0.15, 0.2) is 0 Å². The Morgan fingerprint density at radius 3 is 2.90 bits per heavy atom. The maximum atomic E-state index is 4.10. The zero-order valence-corrected chi connectivity index (χ0v) is 6.45. The smallest absolute Gasteiger partial charge is 0.0389 e. The van der Waals surface area contributed by atoms with Gasteiger partial charge in [0.1, 0.15) is 0 Å². The molecule has 0 spiro atoms. The molecule has 0 atom stereocenters. The molecule has 0 aliphatic carbocycles. The van der Waals surface area contributed by atoms with Gasteiger partial charge in [0.25, 0.3) is 0 Å². The van der Waals surface area contributed by atoms with E-state index in [1.54, 1.807) is 18.5 Å². The minimum atomic E-state index is 0.915. The standard InChI is InChI=1S/C8H14N2/c1-3-4-7-10-8-5-6-9-2/h5-6,8H,2-4,7H2,1H3/b6-5-,10-8?. The molecule has 56 valence electrons. The molecule has 0 aromatic carbocycles. The molecule has 0 fully saturated rings. The fraction of sp³-hybridized carbons (Fsp3) is 0.500. The summed E-state index contributed by atoms with van der Waals surface area (Å²) in [6, 6.07) is 0. The highest BCUT2D eigenvalue weighted by atomic mass is 14.7. The lowest BCUT2D eigenvalue weighted by molar-refractivity contribution is 0.810. The highest BCUT2D eigenvalue weighted by molar-refractivity contribution is 5.70. The van der Waals surface area contributed by atoms with Crippen LogP contribution in [0.25, 0.3) is 0 Å². The second-order valence-corrected chi connectivity index (χ2v) is 1.93. The number of unbranched alkanes of at least 4 members (excludes halogenated alkanes) is 1. The van der Waals surface area contributed by atoms with Gasteiger partial charge in [-0.2, -0.15) is 0 Å². The number of rotatable bonds is 5. The van der Waals surface area contributed by atoms with Gasteiger partial charge in [-0.05, 0) is 19.2 Å². The maximum absolute atomic E-state index is 4.10. The third-order valence-corrected chi connectivity index (χ3v) is 1.02. The summed E-state index contributed by atoms with van der Waals surface area (Å²) in [7, 11) is 0. The maximum Gasteiger partial charge on any atom is 0.0389 e. The third kappa shape index (κ3) is 7.08. The van der Waals surface area contributed by atoms with Crippen LogP contribution < -0.4 is 0 Å². The Labute approximate surface area is 62.4 Å². The van der Waals surface area contributed by atoms with Crippen LogP contribution in [0.15, 0.2) is 22.3 Å². The Kier molecular flexibility index (Phi) is 7.34. The van der Waals surface area contributed by atoms with Crippen molar-refractivity contribution in [2.45, 2.75) is 19.8 Å². The summed E-state index contributed by atoms with van der Waals surface area (Å²) in [6.07, 6.45) is 7.51. The van der Waals surface area contributed by atoms with E-state index in [1.807, 2.05) is 0 Å². The second-order valence-electron chi connectivity index (χ2n) is 1.93. The molecule has 0 unspecified atom stereocenters. The fourth-order valence-electron chi connectivity index (χ4n) is 0.484. The molecule has 0 aliphatic heterocycles. The molecule has 0 aliphatic rings. The summed E-state index contributed by atoms with van der Waals surface area (Å²) in [5.41, 5.74) is 0. The first kappa shape index (κ1) is 9.08. The van der Waals surface area contributed by atoms with E-state index in [2.05, 4.69) is 23.6 Å². The van der Waals surface area contributed by atoms with Crippen molar-refractivity contribution in [1.29, 1.82) is 0 Å². The van der Waals surface area contributed by atoms with Crippen LogP contribution in [0.5, 0.6) is 0 Å². The molecule has 0 rings (SSSR count). The van der Waals surface area contributed by atoms with Gasteiger partial charge in [-0.3, -0.25) is 9.98 Å². The lowest BCUT2D eigenvalue weighted by Gasteiger charge is -1.85. The van der Waals surface area contributed by atoms with E-state index >= 15 is 0 Å². The monoisotopic (exact) mass is 138 g/mol. The lowest BCUT2D eigenvalue weighted by atomic mass is 10.3. The minimum Gasteiger partial charge on any atom is -0.293 e. The van der Waals surface area contributed by atoms with Crippen molar-refractivity contribution in [3.63, 3.8) is 0 Å². The van der Waals surface area contributed by atoms with Gasteiger partial charge >= 0.3 is 0 Å². The molecule has 10 heavy (non-hydrogen) atoms. The van der Waals surface area contributed by atoms with Gasteiger partial charge in [0, 0.05) is 19.0 Å². The van der Waals surface area contributed by atoms with Crippen molar-refractivity contribution in [3.8, 4) is 0 Å². The van der Waals surface area contributed by atoms with Gasteiger partial charge in [0.05, 0.1) is 0 Å². The molecule has 0 amide bonds. The topological polar surface area (TPSA) is 24.7 Å². The Balaban J connectivity index is 3.19. The van der Waals surface area contributed by atoms with Crippen molar-refractivity contribution >= 4 is 12.9 Å². The Bertz CT molecular complexity index is 125. The SMILES string of the molecule is C=N/C=C\C=NCCCC. The predicted octanol–water partition coefficient (Wildman–Crippen LogP) is 2.07. The molecule has 0 heterocycles. The van der Waals surface area contributed by atoms with Gasteiger partial charge in [-0.1, -0.05) is 13.3 Å². The average molecular weight is 138 g/mol. The van der Waals surface area contributed by atoms with Gasteiger partial charge in [-0.25, -0.2) is 0 Å².